The molecule has 0 saturated heterocycles. The molecule has 1 aromatic rings. The molecule has 2 rings (SSSR count). The van der Waals surface area contributed by atoms with Crippen LogP contribution in [0.3, 0.4) is 0 Å². The Hall–Kier alpha value is -1.71. The monoisotopic (exact) mass is 147 g/mol. The lowest BCUT2D eigenvalue weighted by molar-refractivity contribution is 0.100. The molecule has 1 amide bonds. The number of nitrogens with two attached hydrogens (primary N) is 1. The van der Waals surface area contributed by atoms with Crippen LogP contribution in [0.2, 0.25) is 0 Å². The number of amides is 1. The summed E-state index contributed by atoms with van der Waals surface area (Å²) in [5, 5.41) is 7.01. The summed E-state index contributed by atoms with van der Waals surface area (Å²) >= 11 is 0. The van der Waals surface area contributed by atoms with Gasteiger partial charge in [-0.2, -0.15) is 0 Å². The molecule has 1 aliphatic rings. The lowest BCUT2D eigenvalue weighted by atomic mass is 10.2. The fourth-order valence-corrected chi connectivity index (χ4v) is 0.965. The molecule has 0 saturated carbocycles. The molecule has 0 bridgehead atoms. The van der Waals surface area contributed by atoms with Crippen LogP contribution < -0.4 is 5.73 Å². The largest absolute Gasteiger partial charge is 0.399 e. The number of benzene rings is 1. The number of anilines is 1. The molecular weight excluding hydrogens is 142 g/mol. The average Bonchev–Trinajstić information content (AvgIpc) is 2.32. The third-order valence-corrected chi connectivity index (χ3v) is 1.50. The van der Waals surface area contributed by atoms with E-state index in [9.17, 15) is 4.79 Å². The van der Waals surface area contributed by atoms with Crippen molar-refractivity contribution >= 4 is 17.3 Å². The Balaban J connectivity index is 2.66. The van der Waals surface area contributed by atoms with Crippen molar-refractivity contribution in [2.45, 2.75) is 0 Å². The summed E-state index contributed by atoms with van der Waals surface area (Å²) in [6.07, 6.45) is 0. The fraction of sp³-hybridized carbons (Fsp3) is 0. The van der Waals surface area contributed by atoms with Crippen LogP contribution in [0.4, 0.5) is 11.4 Å². The van der Waals surface area contributed by atoms with Gasteiger partial charge in [-0.05, 0) is 18.2 Å². The number of nitrogens with zero attached hydrogens (tertiary/aromatic N) is 2. The maximum absolute atomic E-state index is 10.9. The van der Waals surface area contributed by atoms with Crippen molar-refractivity contribution in [2.24, 2.45) is 10.2 Å². The van der Waals surface area contributed by atoms with Crippen LogP contribution in [0.25, 0.3) is 0 Å². The van der Waals surface area contributed by atoms with E-state index in [0.717, 1.165) is 0 Å². The summed E-state index contributed by atoms with van der Waals surface area (Å²) in [6.45, 7) is 0. The first kappa shape index (κ1) is 6.03. The van der Waals surface area contributed by atoms with E-state index in [1.54, 1.807) is 18.2 Å². The maximum Gasteiger partial charge on any atom is 0.297 e. The first-order chi connectivity index (χ1) is 5.27. The van der Waals surface area contributed by atoms with Crippen LogP contribution in [0, 0.1) is 0 Å². The Kier molecular flexibility index (Phi) is 1.03. The van der Waals surface area contributed by atoms with Crippen LogP contribution in [-0.4, -0.2) is 5.91 Å². The highest BCUT2D eigenvalue weighted by molar-refractivity contribution is 6.02. The molecule has 0 aromatic heterocycles. The van der Waals surface area contributed by atoms with Crippen LogP contribution in [0.5, 0.6) is 0 Å². The number of hydrogen-bond donors (Lipinski definition) is 1. The van der Waals surface area contributed by atoms with Crippen LogP contribution in [0.15, 0.2) is 28.4 Å². The van der Waals surface area contributed by atoms with Crippen molar-refractivity contribution in [3.8, 4) is 0 Å². The lowest BCUT2D eigenvalue weighted by Gasteiger charge is -1.93. The van der Waals surface area contributed by atoms with Crippen LogP contribution in [0.1, 0.15) is 10.4 Å². The number of rotatable bonds is 0. The van der Waals surface area contributed by atoms with E-state index in [0.29, 0.717) is 16.9 Å². The van der Waals surface area contributed by atoms with Gasteiger partial charge in [-0.15, -0.1) is 10.2 Å². The highest BCUT2D eigenvalue weighted by Gasteiger charge is 2.16. The molecule has 1 heterocycles. The van der Waals surface area contributed by atoms with Gasteiger partial charge >= 0.3 is 0 Å². The summed E-state index contributed by atoms with van der Waals surface area (Å²) in [7, 11) is 0. The van der Waals surface area contributed by atoms with Gasteiger partial charge in [0.15, 0.2) is 0 Å². The molecule has 2 N–H and O–H groups in total. The topological polar surface area (TPSA) is 67.8 Å². The van der Waals surface area contributed by atoms with Crippen molar-refractivity contribution in [3.05, 3.63) is 23.8 Å². The van der Waals surface area contributed by atoms with Crippen LogP contribution >= 0.6 is 0 Å². The van der Waals surface area contributed by atoms with Crippen molar-refractivity contribution in [1.29, 1.82) is 0 Å². The quantitative estimate of drug-likeness (QED) is 0.565. The molecular formula is C7H5N3O. The van der Waals surface area contributed by atoms with Gasteiger partial charge in [0.05, 0.1) is 5.56 Å². The van der Waals surface area contributed by atoms with E-state index >= 15 is 0 Å². The highest BCUT2D eigenvalue weighted by Crippen LogP contribution is 2.28. The Bertz CT molecular complexity index is 357. The second-order valence-corrected chi connectivity index (χ2v) is 2.28. The number of nitrogen functional groups attached to an aromatic ring is 1. The van der Waals surface area contributed by atoms with E-state index in [4.69, 9.17) is 5.73 Å². The second kappa shape index (κ2) is 1.88. The van der Waals surface area contributed by atoms with E-state index < -0.39 is 0 Å². The molecule has 0 spiro atoms. The first-order valence-corrected chi connectivity index (χ1v) is 3.13. The minimum Gasteiger partial charge on any atom is -0.399 e. The van der Waals surface area contributed by atoms with Gasteiger partial charge in [0, 0.05) is 5.69 Å². The van der Waals surface area contributed by atoms with Gasteiger partial charge in [0.1, 0.15) is 5.69 Å². The zero-order chi connectivity index (χ0) is 7.84. The standard InChI is InChI=1S/C7H5N3O/c8-4-1-2-5-6(3-4)9-10-7(5)11/h1-3H,8H2. The van der Waals surface area contributed by atoms with Gasteiger partial charge in [-0.3, -0.25) is 4.79 Å². The number of azo groups is 1. The molecule has 54 valence electrons. The van der Waals surface area contributed by atoms with Gasteiger partial charge < -0.3 is 5.73 Å². The van der Waals surface area contributed by atoms with E-state index in [1.807, 2.05) is 0 Å². The number of hydrogen-bond acceptors (Lipinski definition) is 3. The fourth-order valence-electron chi connectivity index (χ4n) is 0.965. The summed E-state index contributed by atoms with van der Waals surface area (Å²) in [6, 6.07) is 4.92. The van der Waals surface area contributed by atoms with Crippen molar-refractivity contribution in [3.63, 3.8) is 0 Å². The van der Waals surface area contributed by atoms with Gasteiger partial charge in [-0.1, -0.05) is 0 Å². The average molecular weight is 147 g/mol. The molecule has 0 radical (unpaired) electrons. The first-order valence-electron chi connectivity index (χ1n) is 3.13. The van der Waals surface area contributed by atoms with Crippen molar-refractivity contribution in [1.82, 2.24) is 0 Å². The summed E-state index contributed by atoms with van der Waals surface area (Å²) < 4.78 is 0. The number of fused-ring (bicyclic) bond motifs is 1. The molecule has 4 heteroatoms. The molecule has 4 nitrogen and oxygen atoms in total. The number of carbonyl (C=O) groups excluding carboxylic acids is 1. The summed E-state index contributed by atoms with van der Waals surface area (Å²) in [5.74, 6) is -0.292. The molecule has 1 aromatic carbocycles. The predicted molar refractivity (Wildman–Crippen MR) is 39.7 cm³/mol. The van der Waals surface area contributed by atoms with E-state index in [1.165, 1.54) is 0 Å². The van der Waals surface area contributed by atoms with Gasteiger partial charge in [0.2, 0.25) is 0 Å². The Labute approximate surface area is 62.7 Å². The zero-order valence-corrected chi connectivity index (χ0v) is 5.61. The van der Waals surface area contributed by atoms with E-state index in [2.05, 4.69) is 10.2 Å². The lowest BCUT2D eigenvalue weighted by Crippen LogP contribution is -1.89. The van der Waals surface area contributed by atoms with Crippen LogP contribution in [-0.2, 0) is 0 Å². The molecule has 0 fully saturated rings. The minimum absolute atomic E-state index is 0.292. The number of carbonyl (C=O) groups is 1. The highest BCUT2D eigenvalue weighted by atomic mass is 16.2. The SMILES string of the molecule is Nc1ccc2c(c1)N=NC2=O. The van der Waals surface area contributed by atoms with Gasteiger partial charge in [0.25, 0.3) is 5.91 Å². The third-order valence-electron chi connectivity index (χ3n) is 1.50. The third kappa shape index (κ3) is 0.797. The minimum atomic E-state index is -0.292. The second-order valence-electron chi connectivity index (χ2n) is 2.28. The smallest absolute Gasteiger partial charge is 0.297 e. The van der Waals surface area contributed by atoms with Gasteiger partial charge in [-0.25, -0.2) is 0 Å². The maximum atomic E-state index is 10.9. The summed E-state index contributed by atoms with van der Waals surface area (Å²) in [5.41, 5.74) is 7.15. The molecule has 0 aliphatic carbocycles. The zero-order valence-electron chi connectivity index (χ0n) is 5.61. The Morgan fingerprint density at radius 2 is 2.09 bits per heavy atom. The van der Waals surface area contributed by atoms with Crippen molar-refractivity contribution in [2.75, 3.05) is 5.73 Å². The van der Waals surface area contributed by atoms with E-state index in [-0.39, 0.29) is 5.91 Å². The molecule has 0 atom stereocenters. The Morgan fingerprint density at radius 3 is 2.91 bits per heavy atom. The van der Waals surface area contributed by atoms with Crippen molar-refractivity contribution < 1.29 is 4.79 Å². The molecule has 0 unspecified atom stereocenters. The summed E-state index contributed by atoms with van der Waals surface area (Å²) in [4.78, 5) is 10.9. The molecule has 11 heavy (non-hydrogen) atoms. The normalized spacial score (nSPS) is 13.6. The molecule has 1 aliphatic heterocycles. The predicted octanol–water partition coefficient (Wildman–Crippen LogP) is 1.51. The Morgan fingerprint density at radius 1 is 1.27 bits per heavy atom.